The molecule has 3 atom stereocenters. The summed E-state index contributed by atoms with van der Waals surface area (Å²) in [5.74, 6) is 2.77. The van der Waals surface area contributed by atoms with Crippen LogP contribution in [0.15, 0.2) is 30.6 Å². The summed E-state index contributed by atoms with van der Waals surface area (Å²) in [7, 11) is -1.49. The quantitative estimate of drug-likeness (QED) is 0.478. The molecule has 38 heavy (non-hydrogen) atoms. The maximum Gasteiger partial charge on any atom is 0.227 e. The van der Waals surface area contributed by atoms with Crippen molar-refractivity contribution < 1.29 is 22.3 Å². The molecule has 3 heterocycles. The van der Waals surface area contributed by atoms with Gasteiger partial charge < -0.3 is 14.5 Å². The third kappa shape index (κ3) is 6.45. The summed E-state index contributed by atoms with van der Waals surface area (Å²) in [5.41, 5.74) is 1.36. The molecule has 8 nitrogen and oxygen atoms in total. The maximum atomic E-state index is 14.7. The van der Waals surface area contributed by atoms with E-state index in [1.54, 1.807) is 19.2 Å². The molecule has 206 valence electrons. The highest BCUT2D eigenvalue weighted by Gasteiger charge is 2.43. The number of carbonyl (C=O) groups excluding carboxylic acids is 1. The largest absolute Gasteiger partial charge is 0.493 e. The van der Waals surface area contributed by atoms with Gasteiger partial charge in [-0.1, -0.05) is 6.07 Å². The number of likely N-dealkylation sites (N-methyl/N-ethyl adjacent to an activating group) is 1. The standard InChI is InChI=1S/C28H37FN4O4S/c1-19-16-30-28(31-17-19)33-9-5-20(6-10-33)25-13-21(25)7-11-37-24-4-3-22(26(29)15-24)14-27(34)32(2)23-8-12-38(35,36)18-23/h3-4,15-17,20-21,23,25H,5-14,18H2,1-2H3/t21-,23?,25-/m1/s1. The molecule has 0 N–H and O–H groups in total. The SMILES string of the molecule is Cc1cnc(N2CCC([C@H]3C[C@H]3CCOc3ccc(CC(=O)N(C)C4CCS(=O)(=O)C4)c(F)c3)CC2)nc1. The lowest BCUT2D eigenvalue weighted by Gasteiger charge is -2.32. The Morgan fingerprint density at radius 1 is 1.18 bits per heavy atom. The first-order valence-corrected chi connectivity index (χ1v) is 15.4. The third-order valence-corrected chi connectivity index (χ3v) is 10.2. The fraction of sp³-hybridized carbons (Fsp3) is 0.607. The lowest BCUT2D eigenvalue weighted by Crippen LogP contribution is -2.38. The van der Waals surface area contributed by atoms with Crippen molar-refractivity contribution in [1.29, 1.82) is 0 Å². The van der Waals surface area contributed by atoms with Crippen molar-refractivity contribution in [1.82, 2.24) is 14.9 Å². The number of benzene rings is 1. The molecule has 1 aromatic carbocycles. The molecule has 1 aliphatic carbocycles. The normalized spacial score (nSPS) is 24.8. The summed E-state index contributed by atoms with van der Waals surface area (Å²) in [6.07, 6.45) is 8.60. The molecule has 3 aliphatic rings. The van der Waals surface area contributed by atoms with Crippen LogP contribution >= 0.6 is 0 Å². The van der Waals surface area contributed by atoms with Crippen molar-refractivity contribution in [2.24, 2.45) is 17.8 Å². The molecule has 0 spiro atoms. The average Bonchev–Trinajstić information content (AvgIpc) is 3.58. The monoisotopic (exact) mass is 544 g/mol. The summed E-state index contributed by atoms with van der Waals surface area (Å²) in [6.45, 7) is 4.54. The third-order valence-electron chi connectivity index (χ3n) is 8.45. The van der Waals surface area contributed by atoms with E-state index in [0.717, 1.165) is 55.7 Å². The van der Waals surface area contributed by atoms with E-state index in [0.29, 0.717) is 30.3 Å². The van der Waals surface area contributed by atoms with Gasteiger partial charge in [0, 0.05) is 44.6 Å². The number of anilines is 1. The number of halogens is 1. The zero-order valence-electron chi connectivity index (χ0n) is 22.2. The van der Waals surface area contributed by atoms with Crippen molar-refractivity contribution in [2.45, 2.75) is 51.5 Å². The first-order valence-electron chi connectivity index (χ1n) is 13.6. The molecule has 2 aliphatic heterocycles. The molecule has 1 amide bonds. The molecule has 2 saturated heterocycles. The van der Waals surface area contributed by atoms with Gasteiger partial charge in [-0.25, -0.2) is 22.8 Å². The molecule has 2 aromatic rings. The summed E-state index contributed by atoms with van der Waals surface area (Å²) >= 11 is 0. The number of piperidine rings is 1. The number of aryl methyl sites for hydroxylation is 1. The molecule has 10 heteroatoms. The van der Waals surface area contributed by atoms with Crippen molar-refractivity contribution in [3.63, 3.8) is 0 Å². The van der Waals surface area contributed by atoms with E-state index < -0.39 is 15.7 Å². The van der Waals surface area contributed by atoms with Crippen LogP contribution in [0.3, 0.4) is 0 Å². The van der Waals surface area contributed by atoms with Crippen LogP contribution in [0.25, 0.3) is 0 Å². The van der Waals surface area contributed by atoms with Crippen LogP contribution in [-0.4, -0.2) is 73.5 Å². The molecule has 5 rings (SSSR count). The van der Waals surface area contributed by atoms with Crippen LogP contribution in [0.2, 0.25) is 0 Å². The van der Waals surface area contributed by atoms with Crippen molar-refractivity contribution in [2.75, 3.05) is 43.1 Å². The van der Waals surface area contributed by atoms with E-state index in [1.165, 1.54) is 17.4 Å². The molecule has 1 aromatic heterocycles. The van der Waals surface area contributed by atoms with E-state index >= 15 is 0 Å². The summed E-state index contributed by atoms with van der Waals surface area (Å²) in [4.78, 5) is 25.2. The van der Waals surface area contributed by atoms with Gasteiger partial charge in [-0.3, -0.25) is 4.79 Å². The Balaban J connectivity index is 1.03. The lowest BCUT2D eigenvalue weighted by molar-refractivity contribution is -0.130. The fourth-order valence-electron chi connectivity index (χ4n) is 5.92. The second-order valence-corrected chi connectivity index (χ2v) is 13.4. The molecule has 1 unspecified atom stereocenters. The van der Waals surface area contributed by atoms with Gasteiger partial charge in [0.25, 0.3) is 0 Å². The van der Waals surface area contributed by atoms with E-state index in [1.807, 2.05) is 19.3 Å². The predicted molar refractivity (Wildman–Crippen MR) is 143 cm³/mol. The van der Waals surface area contributed by atoms with Crippen molar-refractivity contribution >= 4 is 21.7 Å². The van der Waals surface area contributed by atoms with Gasteiger partial charge >= 0.3 is 0 Å². The first kappa shape index (κ1) is 26.8. The zero-order chi connectivity index (χ0) is 26.9. The van der Waals surface area contributed by atoms with Crippen LogP contribution in [0.4, 0.5) is 10.3 Å². The van der Waals surface area contributed by atoms with Gasteiger partial charge in [-0.15, -0.1) is 0 Å². The van der Waals surface area contributed by atoms with Gasteiger partial charge in [0.05, 0.1) is 24.5 Å². The Bertz CT molecular complexity index is 1250. The lowest BCUT2D eigenvalue weighted by atomic mass is 9.90. The number of hydrogen-bond donors (Lipinski definition) is 0. The average molecular weight is 545 g/mol. The number of nitrogens with zero attached hydrogens (tertiary/aromatic N) is 4. The van der Waals surface area contributed by atoms with E-state index in [-0.39, 0.29) is 29.9 Å². The van der Waals surface area contributed by atoms with Gasteiger partial charge in [0.2, 0.25) is 11.9 Å². The molecule has 1 saturated carbocycles. The Labute approximate surface area is 224 Å². The smallest absolute Gasteiger partial charge is 0.227 e. The number of hydrogen-bond acceptors (Lipinski definition) is 7. The number of rotatable bonds is 9. The zero-order valence-corrected chi connectivity index (χ0v) is 23.0. The predicted octanol–water partition coefficient (Wildman–Crippen LogP) is 3.43. The summed E-state index contributed by atoms with van der Waals surface area (Å²) in [6, 6.07) is 4.31. The number of carbonyl (C=O) groups is 1. The van der Waals surface area contributed by atoms with Gasteiger partial charge in [-0.2, -0.15) is 0 Å². The minimum absolute atomic E-state index is 0.0199. The summed E-state index contributed by atoms with van der Waals surface area (Å²) in [5, 5.41) is 0. The highest BCUT2D eigenvalue weighted by Crippen LogP contribution is 2.49. The fourth-order valence-corrected chi connectivity index (χ4v) is 7.69. The highest BCUT2D eigenvalue weighted by molar-refractivity contribution is 7.91. The Morgan fingerprint density at radius 3 is 2.58 bits per heavy atom. The molecule has 0 radical (unpaired) electrons. The van der Waals surface area contributed by atoms with Crippen LogP contribution in [-0.2, 0) is 21.1 Å². The molecular formula is C28H37FN4O4S. The molecule has 0 bridgehead atoms. The van der Waals surface area contributed by atoms with Crippen LogP contribution < -0.4 is 9.64 Å². The second kappa shape index (κ2) is 11.2. The minimum atomic E-state index is -3.09. The Kier molecular flexibility index (Phi) is 7.88. The van der Waals surface area contributed by atoms with Crippen LogP contribution in [0, 0.1) is 30.5 Å². The maximum absolute atomic E-state index is 14.7. The topological polar surface area (TPSA) is 92.7 Å². The van der Waals surface area contributed by atoms with Gasteiger partial charge in [0.15, 0.2) is 9.84 Å². The van der Waals surface area contributed by atoms with Gasteiger partial charge in [0.1, 0.15) is 11.6 Å². The Morgan fingerprint density at radius 2 is 1.92 bits per heavy atom. The van der Waals surface area contributed by atoms with E-state index in [4.69, 9.17) is 4.74 Å². The highest BCUT2D eigenvalue weighted by atomic mass is 32.2. The van der Waals surface area contributed by atoms with Crippen LogP contribution in [0.5, 0.6) is 5.75 Å². The van der Waals surface area contributed by atoms with Crippen molar-refractivity contribution in [3.8, 4) is 5.75 Å². The van der Waals surface area contributed by atoms with E-state index in [2.05, 4.69) is 14.9 Å². The second-order valence-electron chi connectivity index (χ2n) is 11.2. The van der Waals surface area contributed by atoms with Crippen LogP contribution in [0.1, 0.15) is 43.2 Å². The number of ether oxygens (including phenoxy) is 1. The number of sulfone groups is 1. The molecular weight excluding hydrogens is 507 g/mol. The Hall–Kier alpha value is -2.75. The number of aromatic nitrogens is 2. The van der Waals surface area contributed by atoms with Crippen molar-refractivity contribution in [3.05, 3.63) is 47.5 Å². The van der Waals surface area contributed by atoms with E-state index in [9.17, 15) is 17.6 Å². The molecule has 3 fully saturated rings. The number of amides is 1. The first-order chi connectivity index (χ1) is 18.2. The summed E-state index contributed by atoms with van der Waals surface area (Å²) < 4.78 is 43.9. The van der Waals surface area contributed by atoms with Gasteiger partial charge in [-0.05, 0) is 74.0 Å². The minimum Gasteiger partial charge on any atom is -0.493 e.